The smallest absolute Gasteiger partial charge is 0.176 e. The Labute approximate surface area is 119 Å². The Morgan fingerprint density at radius 3 is 2.60 bits per heavy atom. The van der Waals surface area contributed by atoms with Crippen LogP contribution >= 0.6 is 0 Å². The van der Waals surface area contributed by atoms with E-state index in [1.54, 1.807) is 36.4 Å². The van der Waals surface area contributed by atoms with Gasteiger partial charge in [0.15, 0.2) is 5.78 Å². The fourth-order valence-electron chi connectivity index (χ4n) is 2.77. The van der Waals surface area contributed by atoms with Crippen molar-refractivity contribution < 1.29 is 15.0 Å². The SMILES string of the molecule is CCC(C)C1(C(=O)c2ccccc2)C=CC=C(O)C1O. The Morgan fingerprint density at radius 1 is 1.35 bits per heavy atom. The molecule has 0 bridgehead atoms. The molecule has 3 atom stereocenters. The highest BCUT2D eigenvalue weighted by molar-refractivity contribution is 6.03. The minimum Gasteiger partial charge on any atom is -0.510 e. The third kappa shape index (κ3) is 2.18. The third-order valence-corrected chi connectivity index (χ3v) is 4.23. The molecule has 1 aromatic rings. The van der Waals surface area contributed by atoms with Crippen molar-refractivity contribution in [2.24, 2.45) is 11.3 Å². The van der Waals surface area contributed by atoms with Crippen LogP contribution in [0.2, 0.25) is 0 Å². The van der Waals surface area contributed by atoms with Gasteiger partial charge in [-0.1, -0.05) is 62.8 Å². The second-order valence-electron chi connectivity index (χ2n) is 5.29. The van der Waals surface area contributed by atoms with Crippen molar-refractivity contribution in [2.45, 2.75) is 26.4 Å². The van der Waals surface area contributed by atoms with E-state index in [0.717, 1.165) is 6.42 Å². The molecular formula is C17H20O3. The molecule has 3 heteroatoms. The van der Waals surface area contributed by atoms with Crippen LogP contribution in [0.5, 0.6) is 0 Å². The van der Waals surface area contributed by atoms with Crippen molar-refractivity contribution in [3.63, 3.8) is 0 Å². The molecule has 0 amide bonds. The van der Waals surface area contributed by atoms with Gasteiger partial charge in [0.2, 0.25) is 0 Å². The van der Waals surface area contributed by atoms with Gasteiger partial charge in [0.25, 0.3) is 0 Å². The van der Waals surface area contributed by atoms with Crippen LogP contribution in [-0.4, -0.2) is 22.1 Å². The maximum absolute atomic E-state index is 12.9. The summed E-state index contributed by atoms with van der Waals surface area (Å²) in [7, 11) is 0. The third-order valence-electron chi connectivity index (χ3n) is 4.23. The Bertz CT molecular complexity index is 545. The highest BCUT2D eigenvalue weighted by Crippen LogP contribution is 2.42. The first-order valence-corrected chi connectivity index (χ1v) is 6.90. The van der Waals surface area contributed by atoms with Gasteiger partial charge >= 0.3 is 0 Å². The van der Waals surface area contributed by atoms with Crippen molar-refractivity contribution in [2.75, 3.05) is 0 Å². The maximum Gasteiger partial charge on any atom is 0.176 e. The summed E-state index contributed by atoms with van der Waals surface area (Å²) >= 11 is 0. The fraction of sp³-hybridized carbons (Fsp3) is 0.353. The number of aliphatic hydroxyl groups excluding tert-OH is 2. The number of aliphatic hydroxyl groups is 2. The van der Waals surface area contributed by atoms with Crippen LogP contribution in [0.4, 0.5) is 0 Å². The number of Topliss-reactive ketones (excluding diaryl/α,β-unsaturated/α-hetero) is 1. The van der Waals surface area contributed by atoms with Gasteiger partial charge in [-0.15, -0.1) is 0 Å². The summed E-state index contributed by atoms with van der Waals surface area (Å²) in [4.78, 5) is 12.9. The summed E-state index contributed by atoms with van der Waals surface area (Å²) in [6, 6.07) is 8.92. The zero-order valence-electron chi connectivity index (χ0n) is 11.8. The number of benzene rings is 1. The summed E-state index contributed by atoms with van der Waals surface area (Å²) < 4.78 is 0. The van der Waals surface area contributed by atoms with Crippen molar-refractivity contribution >= 4 is 5.78 Å². The number of hydrogen-bond donors (Lipinski definition) is 2. The van der Waals surface area contributed by atoms with Crippen LogP contribution in [0.25, 0.3) is 0 Å². The summed E-state index contributed by atoms with van der Waals surface area (Å²) in [6.07, 6.45) is 4.34. The fourth-order valence-corrected chi connectivity index (χ4v) is 2.77. The average molecular weight is 272 g/mol. The Balaban J connectivity index is 2.52. The Kier molecular flexibility index (Phi) is 4.09. The van der Waals surface area contributed by atoms with Crippen molar-refractivity contribution in [1.82, 2.24) is 0 Å². The Hall–Kier alpha value is -1.87. The van der Waals surface area contributed by atoms with Crippen LogP contribution in [0.1, 0.15) is 30.6 Å². The van der Waals surface area contributed by atoms with Gasteiger partial charge in [-0.2, -0.15) is 0 Å². The highest BCUT2D eigenvalue weighted by atomic mass is 16.3. The standard InChI is InChI=1S/C17H20O3/c1-3-12(2)17(11-7-10-14(18)16(17)20)15(19)13-8-5-4-6-9-13/h4-12,16,18,20H,3H2,1-2H3. The van der Waals surface area contributed by atoms with E-state index in [1.807, 2.05) is 19.9 Å². The van der Waals surface area contributed by atoms with Gasteiger partial charge in [0.1, 0.15) is 11.9 Å². The number of carbonyl (C=O) groups is 1. The topological polar surface area (TPSA) is 57.5 Å². The molecule has 0 saturated heterocycles. The number of rotatable bonds is 4. The zero-order valence-corrected chi connectivity index (χ0v) is 11.8. The summed E-state index contributed by atoms with van der Waals surface area (Å²) in [5.74, 6) is -0.398. The monoisotopic (exact) mass is 272 g/mol. The first kappa shape index (κ1) is 14.5. The molecule has 0 radical (unpaired) electrons. The normalized spacial score (nSPS) is 26.9. The molecule has 0 fully saturated rings. The number of allylic oxidation sites excluding steroid dienone is 2. The van der Waals surface area contributed by atoms with Crippen LogP contribution in [-0.2, 0) is 0 Å². The second kappa shape index (κ2) is 5.63. The van der Waals surface area contributed by atoms with Gasteiger partial charge in [0.05, 0.1) is 5.41 Å². The second-order valence-corrected chi connectivity index (χ2v) is 5.29. The van der Waals surface area contributed by atoms with Gasteiger partial charge in [0, 0.05) is 5.56 Å². The lowest BCUT2D eigenvalue weighted by Crippen LogP contribution is -2.48. The minimum absolute atomic E-state index is 0.0858. The van der Waals surface area contributed by atoms with E-state index in [2.05, 4.69) is 0 Å². The quantitative estimate of drug-likeness (QED) is 0.827. The van der Waals surface area contributed by atoms with E-state index in [1.165, 1.54) is 6.08 Å². The van der Waals surface area contributed by atoms with Crippen LogP contribution < -0.4 is 0 Å². The van der Waals surface area contributed by atoms with Crippen molar-refractivity contribution in [1.29, 1.82) is 0 Å². The molecule has 1 aliphatic carbocycles. The first-order valence-electron chi connectivity index (χ1n) is 6.90. The molecule has 106 valence electrons. The predicted molar refractivity (Wildman–Crippen MR) is 78.5 cm³/mol. The molecule has 0 spiro atoms. The van der Waals surface area contributed by atoms with Gasteiger partial charge in [-0.05, 0) is 12.0 Å². The summed E-state index contributed by atoms with van der Waals surface area (Å²) in [5.41, 5.74) is -0.555. The van der Waals surface area contributed by atoms with Crippen LogP contribution in [0.3, 0.4) is 0 Å². The molecule has 3 nitrogen and oxygen atoms in total. The molecule has 0 aliphatic heterocycles. The highest BCUT2D eigenvalue weighted by Gasteiger charge is 2.49. The molecule has 1 aliphatic rings. The average Bonchev–Trinajstić information content (AvgIpc) is 2.49. The molecule has 3 unspecified atom stereocenters. The van der Waals surface area contributed by atoms with E-state index in [-0.39, 0.29) is 17.5 Å². The van der Waals surface area contributed by atoms with E-state index in [9.17, 15) is 15.0 Å². The van der Waals surface area contributed by atoms with Crippen LogP contribution in [0.15, 0.2) is 54.3 Å². The first-order chi connectivity index (χ1) is 9.54. The lowest BCUT2D eigenvalue weighted by molar-refractivity contribution is 0.0179. The van der Waals surface area contributed by atoms with Crippen molar-refractivity contribution in [3.05, 3.63) is 59.9 Å². The summed E-state index contributed by atoms with van der Waals surface area (Å²) in [5, 5.41) is 20.3. The molecule has 1 aromatic carbocycles. The minimum atomic E-state index is -1.20. The van der Waals surface area contributed by atoms with Gasteiger partial charge in [-0.25, -0.2) is 0 Å². The molecule has 0 heterocycles. The van der Waals surface area contributed by atoms with Gasteiger partial charge in [-0.3, -0.25) is 4.79 Å². The Morgan fingerprint density at radius 2 is 2.00 bits per heavy atom. The lowest BCUT2D eigenvalue weighted by Gasteiger charge is -2.40. The van der Waals surface area contributed by atoms with Gasteiger partial charge < -0.3 is 10.2 Å². The van der Waals surface area contributed by atoms with E-state index in [4.69, 9.17) is 0 Å². The lowest BCUT2D eigenvalue weighted by atomic mass is 9.64. The number of carbonyl (C=O) groups excluding carboxylic acids is 1. The number of hydrogen-bond acceptors (Lipinski definition) is 3. The van der Waals surface area contributed by atoms with E-state index in [0.29, 0.717) is 5.56 Å². The molecule has 0 saturated carbocycles. The molecular weight excluding hydrogens is 252 g/mol. The molecule has 0 aromatic heterocycles. The molecule has 20 heavy (non-hydrogen) atoms. The largest absolute Gasteiger partial charge is 0.510 e. The van der Waals surface area contributed by atoms with Crippen LogP contribution in [0, 0.1) is 11.3 Å². The van der Waals surface area contributed by atoms with E-state index >= 15 is 0 Å². The number of ketones is 1. The summed E-state index contributed by atoms with van der Waals surface area (Å²) in [6.45, 7) is 3.90. The van der Waals surface area contributed by atoms with E-state index < -0.39 is 11.5 Å². The zero-order chi connectivity index (χ0) is 14.8. The predicted octanol–water partition coefficient (Wildman–Crippen LogP) is 3.27. The maximum atomic E-state index is 12.9. The molecule has 2 rings (SSSR count). The molecule has 2 N–H and O–H groups in total. The van der Waals surface area contributed by atoms with Crippen molar-refractivity contribution in [3.8, 4) is 0 Å².